The number of Topliss-reactive ketones (excluding diaryl/α,β-unsaturated/α-hetero) is 1. The van der Waals surface area contributed by atoms with Gasteiger partial charge in [0.2, 0.25) is 0 Å². The van der Waals surface area contributed by atoms with Gasteiger partial charge in [0.1, 0.15) is 17.2 Å². The Morgan fingerprint density at radius 1 is 0.577 bits per heavy atom. The van der Waals surface area contributed by atoms with Gasteiger partial charge in [0.15, 0.2) is 5.78 Å². The van der Waals surface area contributed by atoms with Crippen LogP contribution in [0.1, 0.15) is 83.2 Å². The maximum absolute atomic E-state index is 12.8. The molecule has 0 atom stereocenters. The standard InChI is InChI=1S/C41H42O11/c1-5-37(43)48-25-11-7-9-13-35(42)29(4)30-15-17-31(18-16-30)40(46)51-34-23-24-36(28(3)27-34)52-41(47)32-19-21-33(22-20-32)50-39(45)14-10-8-12-26-49-38(44)6-2/h5-6,15-24,27H,1-2,4,7-14,25-26H2,3H3. The molecule has 0 aromatic heterocycles. The second kappa shape index (κ2) is 21.2. The van der Waals surface area contributed by atoms with Crippen molar-refractivity contribution in [3.8, 4) is 17.2 Å². The highest BCUT2D eigenvalue weighted by Crippen LogP contribution is 2.26. The molecule has 0 N–H and O–H groups in total. The molecule has 0 aliphatic heterocycles. The van der Waals surface area contributed by atoms with Gasteiger partial charge in [-0.2, -0.15) is 0 Å². The van der Waals surface area contributed by atoms with E-state index in [4.69, 9.17) is 23.7 Å². The summed E-state index contributed by atoms with van der Waals surface area (Å²) in [6, 6.07) is 16.9. The first kappa shape index (κ1) is 40.3. The van der Waals surface area contributed by atoms with Crippen LogP contribution in [-0.2, 0) is 28.7 Å². The van der Waals surface area contributed by atoms with E-state index in [0.29, 0.717) is 61.6 Å². The summed E-state index contributed by atoms with van der Waals surface area (Å²) in [7, 11) is 0. The Morgan fingerprint density at radius 2 is 1.08 bits per heavy atom. The number of allylic oxidation sites excluding steroid dienone is 1. The molecule has 0 spiro atoms. The molecular weight excluding hydrogens is 668 g/mol. The molecule has 0 aliphatic rings. The molecule has 0 radical (unpaired) electrons. The van der Waals surface area contributed by atoms with Crippen molar-refractivity contribution in [2.45, 2.75) is 58.3 Å². The van der Waals surface area contributed by atoms with Gasteiger partial charge in [-0.3, -0.25) is 9.59 Å². The molecule has 0 bridgehead atoms. The van der Waals surface area contributed by atoms with Crippen LogP contribution in [0.15, 0.2) is 98.6 Å². The van der Waals surface area contributed by atoms with Gasteiger partial charge in [-0.25, -0.2) is 19.2 Å². The van der Waals surface area contributed by atoms with Crippen LogP contribution >= 0.6 is 0 Å². The number of ether oxygens (including phenoxy) is 5. The summed E-state index contributed by atoms with van der Waals surface area (Å²) < 4.78 is 26.2. The SMILES string of the molecule is C=CC(=O)OCCCCCC(=O)Oc1ccc(C(=O)Oc2ccc(OC(=O)c3ccc(C(=C)C(=O)CCCCCOC(=O)C=C)cc3)cc2C)cc1. The van der Waals surface area contributed by atoms with Crippen LogP contribution in [0.4, 0.5) is 0 Å². The predicted octanol–water partition coefficient (Wildman–Crippen LogP) is 7.50. The Kier molecular flexibility index (Phi) is 16.4. The lowest BCUT2D eigenvalue weighted by molar-refractivity contribution is -0.138. The molecule has 0 heterocycles. The molecule has 11 nitrogen and oxygen atoms in total. The number of rotatable bonds is 21. The summed E-state index contributed by atoms with van der Waals surface area (Å²) in [6.45, 7) is 12.8. The van der Waals surface area contributed by atoms with Crippen LogP contribution in [0.5, 0.6) is 17.2 Å². The molecule has 272 valence electrons. The molecule has 3 rings (SSSR count). The van der Waals surface area contributed by atoms with Gasteiger partial charge >= 0.3 is 29.8 Å². The van der Waals surface area contributed by atoms with E-state index < -0.39 is 29.8 Å². The maximum atomic E-state index is 12.8. The summed E-state index contributed by atoms with van der Waals surface area (Å²) in [5, 5.41) is 0. The molecule has 3 aromatic rings. The van der Waals surface area contributed by atoms with Crippen molar-refractivity contribution in [2.24, 2.45) is 0 Å². The lowest BCUT2D eigenvalue weighted by Gasteiger charge is -2.11. The lowest BCUT2D eigenvalue weighted by Crippen LogP contribution is -2.11. The quantitative estimate of drug-likeness (QED) is 0.0468. The zero-order valence-corrected chi connectivity index (χ0v) is 29.2. The lowest BCUT2D eigenvalue weighted by atomic mass is 9.98. The monoisotopic (exact) mass is 710 g/mol. The number of hydrogen-bond donors (Lipinski definition) is 0. The van der Waals surface area contributed by atoms with Crippen molar-refractivity contribution in [1.82, 2.24) is 0 Å². The van der Waals surface area contributed by atoms with Gasteiger partial charge in [0.05, 0.1) is 24.3 Å². The van der Waals surface area contributed by atoms with Crippen molar-refractivity contribution in [3.63, 3.8) is 0 Å². The van der Waals surface area contributed by atoms with Crippen LogP contribution in [0, 0.1) is 6.92 Å². The Balaban J connectivity index is 1.43. The van der Waals surface area contributed by atoms with Gasteiger partial charge in [-0.05, 0) is 111 Å². The van der Waals surface area contributed by atoms with Gasteiger partial charge < -0.3 is 23.7 Å². The minimum absolute atomic E-state index is 0.112. The van der Waals surface area contributed by atoms with Gasteiger partial charge in [-0.1, -0.05) is 31.9 Å². The maximum Gasteiger partial charge on any atom is 0.343 e. The van der Waals surface area contributed by atoms with Crippen molar-refractivity contribution >= 4 is 41.2 Å². The number of hydrogen-bond acceptors (Lipinski definition) is 11. The highest BCUT2D eigenvalue weighted by molar-refractivity contribution is 6.20. The van der Waals surface area contributed by atoms with Gasteiger partial charge in [0, 0.05) is 30.6 Å². The minimum atomic E-state index is -0.630. The smallest absolute Gasteiger partial charge is 0.343 e. The first-order valence-corrected chi connectivity index (χ1v) is 16.8. The molecule has 0 unspecified atom stereocenters. The van der Waals surface area contributed by atoms with E-state index in [1.165, 1.54) is 36.4 Å². The number of aryl methyl sites for hydroxylation is 1. The van der Waals surface area contributed by atoms with E-state index in [1.807, 2.05) is 0 Å². The number of carbonyl (C=O) groups excluding carboxylic acids is 6. The number of unbranched alkanes of at least 4 members (excludes halogenated alkanes) is 4. The van der Waals surface area contributed by atoms with Gasteiger partial charge in [-0.15, -0.1) is 0 Å². The summed E-state index contributed by atoms with van der Waals surface area (Å²) >= 11 is 0. The number of esters is 5. The fraction of sp³-hybridized carbons (Fsp3) is 0.268. The molecule has 11 heteroatoms. The zero-order valence-electron chi connectivity index (χ0n) is 29.2. The number of benzene rings is 3. The number of carbonyl (C=O) groups is 6. The van der Waals surface area contributed by atoms with E-state index in [-0.39, 0.29) is 53.8 Å². The molecule has 0 aliphatic carbocycles. The van der Waals surface area contributed by atoms with Crippen LogP contribution < -0.4 is 14.2 Å². The topological polar surface area (TPSA) is 149 Å². The number of ketones is 1. The predicted molar refractivity (Wildman–Crippen MR) is 193 cm³/mol. The van der Waals surface area contributed by atoms with E-state index >= 15 is 0 Å². The van der Waals surface area contributed by atoms with E-state index in [2.05, 4.69) is 19.7 Å². The van der Waals surface area contributed by atoms with Gasteiger partial charge in [0.25, 0.3) is 0 Å². The van der Waals surface area contributed by atoms with Crippen molar-refractivity contribution < 1.29 is 52.5 Å². The summed E-state index contributed by atoms with van der Waals surface area (Å²) in [5.41, 5.74) is 1.98. The largest absolute Gasteiger partial charge is 0.463 e. The molecule has 0 amide bonds. The van der Waals surface area contributed by atoms with Crippen molar-refractivity contribution in [3.05, 3.63) is 121 Å². The molecule has 3 aromatic carbocycles. The Morgan fingerprint density at radius 3 is 1.63 bits per heavy atom. The van der Waals surface area contributed by atoms with E-state index in [1.54, 1.807) is 37.3 Å². The Hall–Kier alpha value is -6.10. The summed E-state index contributed by atoms with van der Waals surface area (Å²) in [4.78, 5) is 72.4. The fourth-order valence-corrected chi connectivity index (χ4v) is 4.66. The minimum Gasteiger partial charge on any atom is -0.463 e. The third-order valence-corrected chi connectivity index (χ3v) is 7.58. The third kappa shape index (κ3) is 13.7. The van der Waals surface area contributed by atoms with Crippen LogP contribution in [0.2, 0.25) is 0 Å². The van der Waals surface area contributed by atoms with Crippen molar-refractivity contribution in [1.29, 1.82) is 0 Å². The van der Waals surface area contributed by atoms with E-state index in [9.17, 15) is 28.8 Å². The summed E-state index contributed by atoms with van der Waals surface area (Å²) in [5.74, 6) is -1.94. The summed E-state index contributed by atoms with van der Waals surface area (Å²) in [6.07, 6.45) is 6.56. The molecule has 0 saturated carbocycles. The zero-order chi connectivity index (χ0) is 37.9. The second-order valence-corrected chi connectivity index (χ2v) is 11.5. The normalized spacial score (nSPS) is 10.3. The van der Waals surface area contributed by atoms with Crippen molar-refractivity contribution in [2.75, 3.05) is 13.2 Å². The van der Waals surface area contributed by atoms with Crippen LogP contribution in [0.25, 0.3) is 5.57 Å². The third-order valence-electron chi connectivity index (χ3n) is 7.58. The molecule has 0 fully saturated rings. The second-order valence-electron chi connectivity index (χ2n) is 11.5. The Bertz CT molecular complexity index is 1770. The first-order chi connectivity index (χ1) is 25.0. The highest BCUT2D eigenvalue weighted by atomic mass is 16.6. The van der Waals surface area contributed by atoms with Crippen LogP contribution in [-0.4, -0.2) is 48.8 Å². The van der Waals surface area contributed by atoms with Crippen LogP contribution in [0.3, 0.4) is 0 Å². The average Bonchev–Trinajstić information content (AvgIpc) is 3.15. The fourth-order valence-electron chi connectivity index (χ4n) is 4.66. The molecular formula is C41H42O11. The molecule has 0 saturated heterocycles. The average molecular weight is 711 g/mol. The first-order valence-electron chi connectivity index (χ1n) is 16.8. The highest BCUT2D eigenvalue weighted by Gasteiger charge is 2.16. The molecule has 52 heavy (non-hydrogen) atoms. The van der Waals surface area contributed by atoms with E-state index in [0.717, 1.165) is 12.2 Å². The Labute approximate surface area is 302 Å².